The van der Waals surface area contributed by atoms with Gasteiger partial charge >= 0.3 is 0 Å². The molecular formula is C11H13BrO. The average molecular weight is 241 g/mol. The number of ether oxygens (including phenoxy) is 1. The number of halogens is 1. The van der Waals surface area contributed by atoms with E-state index in [1.165, 1.54) is 18.4 Å². The van der Waals surface area contributed by atoms with Crippen LogP contribution in [0.15, 0.2) is 22.7 Å². The van der Waals surface area contributed by atoms with Crippen LogP contribution in [0.25, 0.3) is 0 Å². The van der Waals surface area contributed by atoms with Gasteiger partial charge in [-0.05, 0) is 43.4 Å². The van der Waals surface area contributed by atoms with Gasteiger partial charge in [-0.1, -0.05) is 22.0 Å². The molecule has 1 aliphatic rings. The molecule has 0 radical (unpaired) electrons. The summed E-state index contributed by atoms with van der Waals surface area (Å²) in [6, 6.07) is 6.33. The summed E-state index contributed by atoms with van der Waals surface area (Å²) in [5, 5.41) is 0. The maximum absolute atomic E-state index is 5.59. The number of rotatable bonds is 3. The van der Waals surface area contributed by atoms with Crippen molar-refractivity contribution in [1.29, 1.82) is 0 Å². The van der Waals surface area contributed by atoms with Gasteiger partial charge in [0.2, 0.25) is 0 Å². The molecule has 0 aromatic heterocycles. The van der Waals surface area contributed by atoms with Crippen LogP contribution in [0.1, 0.15) is 31.2 Å². The predicted octanol–water partition coefficient (Wildman–Crippen LogP) is 3.73. The van der Waals surface area contributed by atoms with Gasteiger partial charge in [-0.15, -0.1) is 0 Å². The highest BCUT2D eigenvalue weighted by molar-refractivity contribution is 9.10. The molecule has 1 saturated carbocycles. The van der Waals surface area contributed by atoms with Gasteiger partial charge in [0.05, 0.1) is 6.61 Å². The minimum Gasteiger partial charge on any atom is -0.494 e. The summed E-state index contributed by atoms with van der Waals surface area (Å²) in [4.78, 5) is 0. The van der Waals surface area contributed by atoms with E-state index in [0.29, 0.717) is 0 Å². The van der Waals surface area contributed by atoms with Crippen molar-refractivity contribution in [3.8, 4) is 5.75 Å². The largest absolute Gasteiger partial charge is 0.494 e. The monoisotopic (exact) mass is 240 g/mol. The van der Waals surface area contributed by atoms with Crippen molar-refractivity contribution in [1.82, 2.24) is 0 Å². The lowest BCUT2D eigenvalue weighted by Gasteiger charge is -2.09. The number of hydrogen-bond acceptors (Lipinski definition) is 1. The zero-order valence-electron chi connectivity index (χ0n) is 7.72. The first-order valence-corrected chi connectivity index (χ1v) is 5.53. The maximum Gasteiger partial charge on any atom is 0.123 e. The lowest BCUT2D eigenvalue weighted by molar-refractivity contribution is 0.336. The molecule has 2 heteroatoms. The molecule has 2 rings (SSSR count). The van der Waals surface area contributed by atoms with E-state index in [-0.39, 0.29) is 0 Å². The van der Waals surface area contributed by atoms with E-state index in [1.54, 1.807) is 0 Å². The molecule has 1 nitrogen and oxygen atoms in total. The molecule has 70 valence electrons. The fraction of sp³-hybridized carbons (Fsp3) is 0.455. The van der Waals surface area contributed by atoms with E-state index >= 15 is 0 Å². The molecule has 1 fully saturated rings. The molecule has 13 heavy (non-hydrogen) atoms. The van der Waals surface area contributed by atoms with Gasteiger partial charge < -0.3 is 4.74 Å². The van der Waals surface area contributed by atoms with Crippen molar-refractivity contribution in [3.05, 3.63) is 28.2 Å². The fourth-order valence-corrected chi connectivity index (χ4v) is 1.86. The molecule has 0 aliphatic heterocycles. The van der Waals surface area contributed by atoms with Crippen LogP contribution >= 0.6 is 15.9 Å². The molecule has 0 amide bonds. The molecule has 0 atom stereocenters. The Balaban J connectivity index is 2.30. The molecule has 0 bridgehead atoms. The predicted molar refractivity (Wildman–Crippen MR) is 57.3 cm³/mol. The summed E-state index contributed by atoms with van der Waals surface area (Å²) in [6.45, 7) is 2.77. The van der Waals surface area contributed by atoms with Gasteiger partial charge in [0.1, 0.15) is 5.75 Å². The molecule has 0 saturated heterocycles. The second-order valence-electron chi connectivity index (χ2n) is 3.39. The normalized spacial score (nSPS) is 15.8. The van der Waals surface area contributed by atoms with E-state index in [9.17, 15) is 0 Å². The first-order valence-electron chi connectivity index (χ1n) is 4.73. The molecule has 1 aromatic carbocycles. The van der Waals surface area contributed by atoms with E-state index in [4.69, 9.17) is 4.74 Å². The van der Waals surface area contributed by atoms with Crippen molar-refractivity contribution >= 4 is 15.9 Å². The van der Waals surface area contributed by atoms with Crippen LogP contribution in [0, 0.1) is 0 Å². The summed E-state index contributed by atoms with van der Waals surface area (Å²) in [7, 11) is 0. The smallest absolute Gasteiger partial charge is 0.123 e. The molecule has 0 unspecified atom stereocenters. The quantitative estimate of drug-likeness (QED) is 0.783. The number of benzene rings is 1. The zero-order chi connectivity index (χ0) is 9.26. The zero-order valence-corrected chi connectivity index (χ0v) is 9.30. The molecule has 1 aromatic rings. The SMILES string of the molecule is CCOc1cc(Br)ccc1C1CC1. The Hall–Kier alpha value is -0.500. The fourth-order valence-electron chi connectivity index (χ4n) is 1.52. The van der Waals surface area contributed by atoms with Gasteiger partial charge in [0, 0.05) is 4.47 Å². The van der Waals surface area contributed by atoms with Gasteiger partial charge in [0.15, 0.2) is 0 Å². The van der Waals surface area contributed by atoms with Crippen molar-refractivity contribution in [3.63, 3.8) is 0 Å². The number of hydrogen-bond donors (Lipinski definition) is 0. The van der Waals surface area contributed by atoms with Gasteiger partial charge in [-0.25, -0.2) is 0 Å². The van der Waals surface area contributed by atoms with Crippen molar-refractivity contribution in [2.24, 2.45) is 0 Å². The average Bonchev–Trinajstić information content (AvgIpc) is 2.88. The topological polar surface area (TPSA) is 9.23 Å². The highest BCUT2D eigenvalue weighted by Gasteiger charge is 2.26. The van der Waals surface area contributed by atoms with Crippen LogP contribution in [0.5, 0.6) is 5.75 Å². The maximum atomic E-state index is 5.59. The van der Waals surface area contributed by atoms with E-state index in [0.717, 1.165) is 22.7 Å². The highest BCUT2D eigenvalue weighted by atomic mass is 79.9. The van der Waals surface area contributed by atoms with Gasteiger partial charge in [-0.3, -0.25) is 0 Å². The standard InChI is InChI=1S/C11H13BrO/c1-2-13-11-7-9(12)5-6-10(11)8-3-4-8/h5-8H,2-4H2,1H3. The Morgan fingerprint density at radius 2 is 2.23 bits per heavy atom. The molecule has 0 spiro atoms. The second kappa shape index (κ2) is 3.70. The molecule has 1 aliphatic carbocycles. The van der Waals surface area contributed by atoms with Crippen molar-refractivity contribution < 1.29 is 4.74 Å². The van der Waals surface area contributed by atoms with Crippen LogP contribution in [0.4, 0.5) is 0 Å². The Morgan fingerprint density at radius 3 is 2.85 bits per heavy atom. The summed E-state index contributed by atoms with van der Waals surface area (Å²) < 4.78 is 6.69. The van der Waals surface area contributed by atoms with Crippen LogP contribution in [0.2, 0.25) is 0 Å². The Morgan fingerprint density at radius 1 is 1.46 bits per heavy atom. The summed E-state index contributed by atoms with van der Waals surface area (Å²) >= 11 is 3.46. The molecular weight excluding hydrogens is 228 g/mol. The molecule has 0 N–H and O–H groups in total. The lowest BCUT2D eigenvalue weighted by atomic mass is 10.1. The van der Waals surface area contributed by atoms with Crippen LogP contribution in [-0.4, -0.2) is 6.61 Å². The first kappa shape index (κ1) is 9.07. The Kier molecular flexibility index (Phi) is 2.58. The third-order valence-electron chi connectivity index (χ3n) is 2.29. The minimum atomic E-state index is 0.746. The third-order valence-corrected chi connectivity index (χ3v) is 2.79. The highest BCUT2D eigenvalue weighted by Crippen LogP contribution is 2.44. The molecule has 0 heterocycles. The lowest BCUT2D eigenvalue weighted by Crippen LogP contribution is -1.95. The van der Waals surface area contributed by atoms with Crippen molar-refractivity contribution in [2.45, 2.75) is 25.7 Å². The van der Waals surface area contributed by atoms with Gasteiger partial charge in [0.25, 0.3) is 0 Å². The van der Waals surface area contributed by atoms with Crippen LogP contribution < -0.4 is 4.74 Å². The van der Waals surface area contributed by atoms with Crippen LogP contribution in [0.3, 0.4) is 0 Å². The summed E-state index contributed by atoms with van der Waals surface area (Å²) in [5.41, 5.74) is 1.38. The first-order chi connectivity index (χ1) is 6.31. The second-order valence-corrected chi connectivity index (χ2v) is 4.31. The minimum absolute atomic E-state index is 0.746. The Labute approximate surface area is 87.2 Å². The van der Waals surface area contributed by atoms with Gasteiger partial charge in [-0.2, -0.15) is 0 Å². The van der Waals surface area contributed by atoms with Crippen LogP contribution in [-0.2, 0) is 0 Å². The summed E-state index contributed by atoms with van der Waals surface area (Å²) in [6.07, 6.45) is 2.64. The van der Waals surface area contributed by atoms with Crippen molar-refractivity contribution in [2.75, 3.05) is 6.61 Å². The Bertz CT molecular complexity index is 305. The third kappa shape index (κ3) is 2.05. The van der Waals surface area contributed by atoms with E-state index < -0.39 is 0 Å². The van der Waals surface area contributed by atoms with E-state index in [2.05, 4.69) is 34.1 Å². The van der Waals surface area contributed by atoms with E-state index in [1.807, 2.05) is 6.92 Å². The summed E-state index contributed by atoms with van der Waals surface area (Å²) in [5.74, 6) is 1.81.